The van der Waals surface area contributed by atoms with Gasteiger partial charge in [0.25, 0.3) is 5.19 Å². The number of aromatic nitrogens is 1. The van der Waals surface area contributed by atoms with E-state index in [1.807, 2.05) is 28.5 Å². The molecule has 2 heterocycles. The molecule has 0 N–H and O–H groups in total. The first-order valence-corrected chi connectivity index (χ1v) is 9.51. The number of fused-ring (bicyclic) bond motifs is 1. The van der Waals surface area contributed by atoms with Crippen LogP contribution < -0.4 is 9.47 Å². The molecule has 1 amide bonds. The third-order valence-electron chi connectivity index (χ3n) is 4.68. The molecule has 26 heavy (non-hydrogen) atoms. The first-order valence-electron chi connectivity index (χ1n) is 8.63. The summed E-state index contributed by atoms with van der Waals surface area (Å²) in [6.45, 7) is 1.26. The van der Waals surface area contributed by atoms with Crippen LogP contribution in [0.3, 0.4) is 0 Å². The van der Waals surface area contributed by atoms with Gasteiger partial charge in [-0.15, -0.1) is 0 Å². The number of hydrogen-bond acceptors (Lipinski definition) is 5. The van der Waals surface area contributed by atoms with Gasteiger partial charge in [0.15, 0.2) is 0 Å². The number of carbonyl (C=O) groups is 1. The van der Waals surface area contributed by atoms with Crippen LogP contribution in [0.2, 0.25) is 0 Å². The van der Waals surface area contributed by atoms with E-state index in [9.17, 15) is 4.79 Å². The maximum atomic E-state index is 12.5. The molecular formula is C20H20N2O3S. The summed E-state index contributed by atoms with van der Waals surface area (Å²) in [6, 6.07) is 12.2. The maximum absolute atomic E-state index is 12.5. The molecule has 1 saturated heterocycles. The van der Waals surface area contributed by atoms with Gasteiger partial charge in [0, 0.05) is 23.6 Å². The summed E-state index contributed by atoms with van der Waals surface area (Å²) in [4.78, 5) is 18.5. The van der Waals surface area contributed by atoms with Crippen LogP contribution in [0.1, 0.15) is 12.0 Å². The number of nitrogens with zero attached hydrogens (tertiary/aromatic N) is 2. The molecule has 6 heteroatoms. The van der Waals surface area contributed by atoms with Gasteiger partial charge in [-0.3, -0.25) is 4.79 Å². The molecule has 1 fully saturated rings. The Balaban J connectivity index is 1.37. The molecule has 2 aromatic carbocycles. The molecule has 0 radical (unpaired) electrons. The molecule has 0 aliphatic carbocycles. The van der Waals surface area contributed by atoms with Gasteiger partial charge >= 0.3 is 0 Å². The number of amides is 1. The van der Waals surface area contributed by atoms with Crippen molar-refractivity contribution >= 4 is 28.0 Å². The zero-order chi connectivity index (χ0) is 17.9. The second-order valence-corrected chi connectivity index (χ2v) is 7.16. The second kappa shape index (κ2) is 7.33. The summed E-state index contributed by atoms with van der Waals surface area (Å²) in [5.74, 6) is 0.990. The van der Waals surface area contributed by atoms with Crippen molar-refractivity contribution in [2.24, 2.45) is 0 Å². The number of hydrogen-bond donors (Lipinski definition) is 0. The predicted octanol–water partition coefficient (Wildman–Crippen LogP) is 3.53. The molecule has 1 aromatic heterocycles. The van der Waals surface area contributed by atoms with Gasteiger partial charge in [0.1, 0.15) is 11.9 Å². The van der Waals surface area contributed by atoms with Gasteiger partial charge in [-0.2, -0.15) is 0 Å². The first kappa shape index (κ1) is 16.8. The SMILES string of the molecule is COc1ccc2ccccc2c1CCC(=O)N1CC(Oc2nccs2)C1. The Labute approximate surface area is 156 Å². The van der Waals surface area contributed by atoms with Crippen LogP contribution in [-0.4, -0.2) is 42.1 Å². The monoisotopic (exact) mass is 368 g/mol. The van der Waals surface area contributed by atoms with E-state index in [2.05, 4.69) is 23.2 Å². The van der Waals surface area contributed by atoms with Crippen LogP contribution in [0.25, 0.3) is 10.8 Å². The Morgan fingerprint density at radius 1 is 1.27 bits per heavy atom. The van der Waals surface area contributed by atoms with Crippen LogP contribution in [-0.2, 0) is 11.2 Å². The number of thiazole rings is 1. The molecular weight excluding hydrogens is 348 g/mol. The number of ether oxygens (including phenoxy) is 2. The van der Waals surface area contributed by atoms with Gasteiger partial charge in [-0.05, 0) is 23.3 Å². The number of likely N-dealkylation sites (tertiary alicyclic amines) is 1. The second-order valence-electron chi connectivity index (χ2n) is 6.30. The summed E-state index contributed by atoms with van der Waals surface area (Å²) in [7, 11) is 1.67. The van der Waals surface area contributed by atoms with Crippen molar-refractivity contribution in [3.63, 3.8) is 0 Å². The topological polar surface area (TPSA) is 51.7 Å². The van der Waals surface area contributed by atoms with E-state index in [1.54, 1.807) is 13.3 Å². The summed E-state index contributed by atoms with van der Waals surface area (Å²) >= 11 is 1.47. The van der Waals surface area contributed by atoms with E-state index < -0.39 is 0 Å². The van der Waals surface area contributed by atoms with E-state index in [-0.39, 0.29) is 12.0 Å². The van der Waals surface area contributed by atoms with Crippen molar-refractivity contribution in [3.8, 4) is 10.9 Å². The lowest BCUT2D eigenvalue weighted by Crippen LogP contribution is -2.56. The van der Waals surface area contributed by atoms with Gasteiger partial charge in [0.2, 0.25) is 5.91 Å². The minimum absolute atomic E-state index is 0.0530. The lowest BCUT2D eigenvalue weighted by molar-refractivity contribution is -0.139. The number of aryl methyl sites for hydroxylation is 1. The molecule has 1 aliphatic rings. The van der Waals surface area contributed by atoms with Gasteiger partial charge in [0.05, 0.1) is 20.2 Å². The van der Waals surface area contributed by atoms with Crippen LogP contribution in [0.15, 0.2) is 48.0 Å². The molecule has 3 aromatic rings. The zero-order valence-corrected chi connectivity index (χ0v) is 15.4. The smallest absolute Gasteiger partial charge is 0.273 e. The summed E-state index contributed by atoms with van der Waals surface area (Å²) < 4.78 is 11.2. The average Bonchev–Trinajstić information content (AvgIpc) is 3.15. The predicted molar refractivity (Wildman–Crippen MR) is 102 cm³/mol. The summed E-state index contributed by atoms with van der Waals surface area (Å²) in [6.07, 6.45) is 2.91. The van der Waals surface area contributed by atoms with Crippen molar-refractivity contribution in [3.05, 3.63) is 53.5 Å². The summed E-state index contributed by atoms with van der Waals surface area (Å²) in [5, 5.41) is 4.86. The van der Waals surface area contributed by atoms with Crippen molar-refractivity contribution in [2.75, 3.05) is 20.2 Å². The molecule has 0 atom stereocenters. The van der Waals surface area contributed by atoms with Crippen LogP contribution >= 0.6 is 11.3 Å². The highest BCUT2D eigenvalue weighted by molar-refractivity contribution is 7.11. The van der Waals surface area contributed by atoms with E-state index in [4.69, 9.17) is 9.47 Å². The molecule has 0 saturated carbocycles. The highest BCUT2D eigenvalue weighted by Gasteiger charge is 2.32. The normalized spacial score (nSPS) is 14.3. The maximum Gasteiger partial charge on any atom is 0.273 e. The first-order chi connectivity index (χ1) is 12.7. The number of methoxy groups -OCH3 is 1. The van der Waals surface area contributed by atoms with E-state index in [1.165, 1.54) is 11.3 Å². The minimum Gasteiger partial charge on any atom is -0.496 e. The molecule has 134 valence electrons. The largest absolute Gasteiger partial charge is 0.496 e. The highest BCUT2D eigenvalue weighted by Crippen LogP contribution is 2.29. The third-order valence-corrected chi connectivity index (χ3v) is 5.35. The zero-order valence-electron chi connectivity index (χ0n) is 14.6. The van der Waals surface area contributed by atoms with Gasteiger partial charge < -0.3 is 14.4 Å². The van der Waals surface area contributed by atoms with Crippen LogP contribution in [0.4, 0.5) is 0 Å². The fraction of sp³-hybridized carbons (Fsp3) is 0.300. The Morgan fingerprint density at radius 3 is 2.88 bits per heavy atom. The standard InChI is InChI=1S/C20H20N2O3S/c1-24-18-8-6-14-4-2-3-5-16(14)17(18)7-9-19(23)22-12-15(13-22)25-20-21-10-11-26-20/h2-6,8,10-11,15H,7,9,12-13H2,1H3. The van der Waals surface area contributed by atoms with Gasteiger partial charge in [-0.1, -0.05) is 41.7 Å². The molecule has 0 unspecified atom stereocenters. The Morgan fingerprint density at radius 2 is 2.12 bits per heavy atom. The Kier molecular flexibility index (Phi) is 4.75. The number of benzene rings is 2. The molecule has 0 bridgehead atoms. The number of carbonyl (C=O) groups excluding carboxylic acids is 1. The van der Waals surface area contributed by atoms with Crippen LogP contribution in [0.5, 0.6) is 10.9 Å². The minimum atomic E-state index is 0.0530. The van der Waals surface area contributed by atoms with E-state index >= 15 is 0 Å². The van der Waals surface area contributed by atoms with Crippen molar-refractivity contribution in [2.45, 2.75) is 18.9 Å². The Hall–Kier alpha value is -2.60. The molecule has 5 nitrogen and oxygen atoms in total. The quantitative estimate of drug-likeness (QED) is 0.668. The van der Waals surface area contributed by atoms with E-state index in [0.717, 1.165) is 22.1 Å². The lowest BCUT2D eigenvalue weighted by atomic mass is 9.99. The van der Waals surface area contributed by atoms with E-state index in [0.29, 0.717) is 31.1 Å². The average molecular weight is 368 g/mol. The highest BCUT2D eigenvalue weighted by atomic mass is 32.1. The Bertz CT molecular complexity index is 905. The van der Waals surface area contributed by atoms with Crippen molar-refractivity contribution in [1.82, 2.24) is 9.88 Å². The fourth-order valence-electron chi connectivity index (χ4n) is 3.28. The molecule has 4 rings (SSSR count). The third kappa shape index (κ3) is 3.37. The lowest BCUT2D eigenvalue weighted by Gasteiger charge is -2.38. The summed E-state index contributed by atoms with van der Waals surface area (Å²) in [5.41, 5.74) is 1.09. The van der Waals surface area contributed by atoms with Crippen molar-refractivity contribution < 1.29 is 14.3 Å². The fourth-order valence-corrected chi connectivity index (χ4v) is 3.83. The van der Waals surface area contributed by atoms with Crippen molar-refractivity contribution in [1.29, 1.82) is 0 Å². The number of rotatable bonds is 6. The molecule has 1 aliphatic heterocycles. The molecule has 0 spiro atoms. The van der Waals surface area contributed by atoms with Crippen LogP contribution in [0, 0.1) is 0 Å². The van der Waals surface area contributed by atoms with Gasteiger partial charge in [-0.25, -0.2) is 4.98 Å².